The van der Waals surface area contributed by atoms with Crippen LogP contribution in [0.15, 0.2) is 23.3 Å². The Morgan fingerprint density at radius 1 is 1.57 bits per heavy atom. The Bertz CT molecular complexity index is 772. The molecule has 0 spiro atoms. The summed E-state index contributed by atoms with van der Waals surface area (Å²) in [6, 6.07) is 1.40. The van der Waals surface area contributed by atoms with Gasteiger partial charge in [0.15, 0.2) is 0 Å². The normalized spacial score (nSPS) is 18.2. The van der Waals surface area contributed by atoms with Crippen LogP contribution < -0.4 is 5.56 Å². The van der Waals surface area contributed by atoms with Gasteiger partial charge >= 0.3 is 0 Å². The summed E-state index contributed by atoms with van der Waals surface area (Å²) >= 11 is 5.79. The Labute approximate surface area is 137 Å². The fraction of sp³-hybridized carbons (Fsp3) is 0.429. The molecule has 0 aliphatic carbocycles. The Morgan fingerprint density at radius 2 is 2.39 bits per heavy atom. The molecule has 2 aromatic heterocycles. The molecular formula is C14H16ClN5O3. The number of rotatable bonds is 3. The first kappa shape index (κ1) is 15.7. The zero-order valence-corrected chi connectivity index (χ0v) is 13.3. The molecule has 2 aromatic rings. The highest BCUT2D eigenvalue weighted by atomic mass is 35.5. The third-order valence-electron chi connectivity index (χ3n) is 3.53. The van der Waals surface area contributed by atoms with E-state index in [1.54, 1.807) is 18.0 Å². The van der Waals surface area contributed by atoms with Crippen molar-refractivity contribution in [2.24, 2.45) is 0 Å². The smallest absolute Gasteiger partial charge is 0.251 e. The second kappa shape index (κ2) is 6.51. The number of hydrogen-bond donors (Lipinski definition) is 1. The minimum absolute atomic E-state index is 0.0837. The van der Waals surface area contributed by atoms with Crippen molar-refractivity contribution < 1.29 is 9.53 Å². The van der Waals surface area contributed by atoms with Gasteiger partial charge in [0.1, 0.15) is 18.5 Å². The number of amides is 1. The van der Waals surface area contributed by atoms with Crippen LogP contribution in [0.4, 0.5) is 0 Å². The van der Waals surface area contributed by atoms with Crippen LogP contribution in [-0.4, -0.2) is 50.3 Å². The molecule has 1 aliphatic rings. The predicted octanol–water partition coefficient (Wildman–Crippen LogP) is 0.528. The number of nitrogens with one attached hydrogen (secondary N) is 1. The van der Waals surface area contributed by atoms with Crippen molar-refractivity contribution in [3.05, 3.63) is 45.4 Å². The van der Waals surface area contributed by atoms with Crippen LogP contribution in [0.25, 0.3) is 0 Å². The third kappa shape index (κ3) is 3.77. The lowest BCUT2D eigenvalue weighted by Gasteiger charge is -2.32. The van der Waals surface area contributed by atoms with E-state index in [4.69, 9.17) is 16.3 Å². The van der Waals surface area contributed by atoms with Crippen LogP contribution in [0, 0.1) is 6.92 Å². The fourth-order valence-electron chi connectivity index (χ4n) is 2.49. The first-order chi connectivity index (χ1) is 11.0. The van der Waals surface area contributed by atoms with Gasteiger partial charge in [-0.3, -0.25) is 14.3 Å². The van der Waals surface area contributed by atoms with Gasteiger partial charge in [-0.1, -0.05) is 11.6 Å². The molecule has 0 bridgehead atoms. The summed E-state index contributed by atoms with van der Waals surface area (Å²) in [5.74, 6) is 0.436. The van der Waals surface area contributed by atoms with E-state index in [9.17, 15) is 9.59 Å². The van der Waals surface area contributed by atoms with E-state index >= 15 is 0 Å². The van der Waals surface area contributed by atoms with E-state index in [1.165, 1.54) is 16.9 Å². The molecule has 1 N–H and O–H groups in total. The Kier molecular flexibility index (Phi) is 4.44. The summed E-state index contributed by atoms with van der Waals surface area (Å²) in [4.78, 5) is 32.5. The lowest BCUT2D eigenvalue weighted by Crippen LogP contribution is -2.44. The van der Waals surface area contributed by atoms with Gasteiger partial charge in [-0.25, -0.2) is 4.98 Å². The van der Waals surface area contributed by atoms with Gasteiger partial charge < -0.3 is 14.6 Å². The maximum atomic E-state index is 12.4. The Balaban J connectivity index is 1.70. The highest BCUT2D eigenvalue weighted by Gasteiger charge is 2.27. The summed E-state index contributed by atoms with van der Waals surface area (Å²) in [7, 11) is 0. The van der Waals surface area contributed by atoms with Crippen molar-refractivity contribution in [3.63, 3.8) is 0 Å². The van der Waals surface area contributed by atoms with Crippen molar-refractivity contribution in [1.82, 2.24) is 24.6 Å². The fourth-order valence-corrected chi connectivity index (χ4v) is 2.64. The molecule has 0 aromatic carbocycles. The number of carbonyl (C=O) groups is 1. The molecule has 1 amide bonds. The van der Waals surface area contributed by atoms with E-state index in [1.807, 2.05) is 0 Å². The van der Waals surface area contributed by atoms with Crippen molar-refractivity contribution >= 4 is 17.5 Å². The molecule has 23 heavy (non-hydrogen) atoms. The molecule has 3 heterocycles. The summed E-state index contributed by atoms with van der Waals surface area (Å²) < 4.78 is 7.15. The number of aromatic nitrogens is 4. The van der Waals surface area contributed by atoms with Crippen molar-refractivity contribution in [1.29, 1.82) is 0 Å². The third-order valence-corrected chi connectivity index (χ3v) is 3.72. The molecule has 0 radical (unpaired) electrons. The maximum Gasteiger partial charge on any atom is 0.251 e. The van der Waals surface area contributed by atoms with Gasteiger partial charge in [-0.15, -0.1) is 0 Å². The molecule has 9 heteroatoms. The number of aromatic amines is 1. The number of halogens is 1. The SMILES string of the molecule is Cc1nc([C@H]2CN(C(=O)Cn3cc(Cl)cn3)CCO2)cc(=O)[nH]1. The molecule has 1 saturated heterocycles. The Hall–Kier alpha value is -2.19. The molecular weight excluding hydrogens is 322 g/mol. The average Bonchev–Trinajstić information content (AvgIpc) is 2.91. The van der Waals surface area contributed by atoms with E-state index in [0.717, 1.165) is 0 Å². The molecule has 1 atom stereocenters. The molecule has 122 valence electrons. The minimum atomic E-state index is -0.407. The molecule has 0 saturated carbocycles. The van der Waals surface area contributed by atoms with Gasteiger partial charge in [0.05, 0.1) is 30.1 Å². The van der Waals surface area contributed by atoms with Crippen LogP contribution in [0.2, 0.25) is 5.02 Å². The van der Waals surface area contributed by atoms with Crippen LogP contribution in [0.1, 0.15) is 17.6 Å². The molecule has 0 unspecified atom stereocenters. The van der Waals surface area contributed by atoms with Crippen LogP contribution in [0.3, 0.4) is 0 Å². The zero-order valence-electron chi connectivity index (χ0n) is 12.5. The number of aryl methyl sites for hydroxylation is 1. The highest BCUT2D eigenvalue weighted by Crippen LogP contribution is 2.20. The number of carbonyl (C=O) groups excluding carboxylic acids is 1. The van der Waals surface area contributed by atoms with Crippen LogP contribution in [-0.2, 0) is 16.1 Å². The zero-order chi connectivity index (χ0) is 16.4. The van der Waals surface area contributed by atoms with Crippen molar-refractivity contribution in [3.8, 4) is 0 Å². The number of nitrogens with zero attached hydrogens (tertiary/aromatic N) is 4. The maximum absolute atomic E-state index is 12.4. The van der Waals surface area contributed by atoms with Crippen LogP contribution >= 0.6 is 11.6 Å². The largest absolute Gasteiger partial charge is 0.368 e. The summed E-state index contributed by atoms with van der Waals surface area (Å²) in [5, 5.41) is 4.49. The molecule has 1 aliphatic heterocycles. The number of ether oxygens (including phenoxy) is 1. The van der Waals surface area contributed by atoms with Gasteiger partial charge in [0.2, 0.25) is 5.91 Å². The number of hydrogen-bond acceptors (Lipinski definition) is 5. The lowest BCUT2D eigenvalue weighted by molar-refractivity contribution is -0.140. The van der Waals surface area contributed by atoms with E-state index in [2.05, 4.69) is 15.1 Å². The number of H-pyrrole nitrogens is 1. The van der Waals surface area contributed by atoms with Gasteiger partial charge in [0, 0.05) is 18.8 Å². The molecule has 3 rings (SSSR count). The first-order valence-corrected chi connectivity index (χ1v) is 7.54. The van der Waals surface area contributed by atoms with Gasteiger partial charge in [-0.2, -0.15) is 5.10 Å². The lowest BCUT2D eigenvalue weighted by atomic mass is 10.2. The van der Waals surface area contributed by atoms with E-state index < -0.39 is 6.10 Å². The number of morpholine rings is 1. The van der Waals surface area contributed by atoms with E-state index in [-0.39, 0.29) is 18.0 Å². The first-order valence-electron chi connectivity index (χ1n) is 7.16. The van der Waals surface area contributed by atoms with Gasteiger partial charge in [-0.05, 0) is 6.92 Å². The van der Waals surface area contributed by atoms with Gasteiger partial charge in [0.25, 0.3) is 5.56 Å². The second-order valence-corrected chi connectivity index (χ2v) is 5.75. The van der Waals surface area contributed by atoms with E-state index in [0.29, 0.717) is 36.2 Å². The van der Waals surface area contributed by atoms with Crippen molar-refractivity contribution in [2.75, 3.05) is 19.7 Å². The molecule has 8 nitrogen and oxygen atoms in total. The highest BCUT2D eigenvalue weighted by molar-refractivity contribution is 6.30. The monoisotopic (exact) mass is 337 g/mol. The standard InChI is InChI=1S/C14H16ClN5O3/c1-9-17-11(4-13(21)18-9)12-7-19(2-3-23-12)14(22)8-20-6-10(15)5-16-20/h4-6,12H,2-3,7-8H2,1H3,(H,17,18,21)/t12-/m1/s1. The molecule has 1 fully saturated rings. The Morgan fingerprint density at radius 3 is 3.09 bits per heavy atom. The summed E-state index contributed by atoms with van der Waals surface area (Å²) in [5.41, 5.74) is 0.302. The minimum Gasteiger partial charge on any atom is -0.368 e. The predicted molar refractivity (Wildman–Crippen MR) is 82.1 cm³/mol. The summed E-state index contributed by atoms with van der Waals surface area (Å²) in [6.45, 7) is 3.05. The summed E-state index contributed by atoms with van der Waals surface area (Å²) in [6.07, 6.45) is 2.67. The topological polar surface area (TPSA) is 93.1 Å². The van der Waals surface area contributed by atoms with Crippen molar-refractivity contribution in [2.45, 2.75) is 19.6 Å². The quantitative estimate of drug-likeness (QED) is 0.881. The second-order valence-electron chi connectivity index (χ2n) is 5.31. The van der Waals surface area contributed by atoms with Crippen LogP contribution in [0.5, 0.6) is 0 Å². The average molecular weight is 338 g/mol.